The Bertz CT molecular complexity index is 677. The van der Waals surface area contributed by atoms with Crippen LogP contribution in [0.3, 0.4) is 0 Å². The Morgan fingerprint density at radius 3 is 2.44 bits per heavy atom. The summed E-state index contributed by atoms with van der Waals surface area (Å²) in [5.41, 5.74) is 2.64. The SMILES string of the molecule is COCC(=O)N1CCC(c2nc(C)c(CC(=O)NC3CCCC3)c(C)n2)C1. The predicted octanol–water partition coefficient (Wildman–Crippen LogP) is 1.66. The molecule has 1 aromatic rings. The van der Waals surface area contributed by atoms with Crippen LogP contribution in [-0.4, -0.2) is 59.5 Å². The van der Waals surface area contributed by atoms with E-state index in [2.05, 4.69) is 15.3 Å². The van der Waals surface area contributed by atoms with Crippen LogP contribution in [0.15, 0.2) is 0 Å². The molecule has 1 aromatic heterocycles. The third kappa shape index (κ3) is 4.83. The van der Waals surface area contributed by atoms with Crippen molar-refractivity contribution >= 4 is 11.8 Å². The standard InChI is InChI=1S/C20H30N4O3/c1-13-17(10-18(25)23-16-6-4-5-7-16)14(2)22-20(21-13)15-8-9-24(11-15)19(26)12-27-3/h15-16H,4-12H2,1-3H3,(H,23,25). The van der Waals surface area contributed by atoms with Crippen LogP contribution < -0.4 is 5.32 Å². The molecule has 1 aliphatic carbocycles. The lowest BCUT2D eigenvalue weighted by Crippen LogP contribution is -2.34. The van der Waals surface area contributed by atoms with Crippen molar-refractivity contribution in [2.75, 3.05) is 26.8 Å². The van der Waals surface area contributed by atoms with Crippen molar-refractivity contribution in [3.63, 3.8) is 0 Å². The predicted molar refractivity (Wildman–Crippen MR) is 101 cm³/mol. The van der Waals surface area contributed by atoms with E-state index in [-0.39, 0.29) is 24.3 Å². The smallest absolute Gasteiger partial charge is 0.248 e. The summed E-state index contributed by atoms with van der Waals surface area (Å²) >= 11 is 0. The zero-order chi connectivity index (χ0) is 19.4. The summed E-state index contributed by atoms with van der Waals surface area (Å²) in [7, 11) is 1.53. The number of aryl methyl sites for hydroxylation is 2. The van der Waals surface area contributed by atoms with Crippen molar-refractivity contribution in [2.45, 2.75) is 64.3 Å². The fourth-order valence-electron chi connectivity index (χ4n) is 4.13. The lowest BCUT2D eigenvalue weighted by molar-refractivity contribution is -0.134. The molecule has 1 N–H and O–H groups in total. The summed E-state index contributed by atoms with van der Waals surface area (Å²) in [6, 6.07) is 0.326. The molecule has 0 spiro atoms. The van der Waals surface area contributed by atoms with Crippen LogP contribution in [0, 0.1) is 13.8 Å². The second kappa shape index (κ2) is 8.78. The number of nitrogens with zero attached hydrogens (tertiary/aromatic N) is 3. The number of nitrogens with one attached hydrogen (secondary N) is 1. The molecule has 2 amide bonds. The normalized spacial score (nSPS) is 20.3. The maximum atomic E-state index is 12.4. The van der Waals surface area contributed by atoms with Crippen molar-refractivity contribution in [1.29, 1.82) is 0 Å². The van der Waals surface area contributed by atoms with Crippen molar-refractivity contribution in [3.8, 4) is 0 Å². The first kappa shape index (κ1) is 19.7. The minimum Gasteiger partial charge on any atom is -0.375 e. The van der Waals surface area contributed by atoms with Gasteiger partial charge in [-0.3, -0.25) is 9.59 Å². The summed E-state index contributed by atoms with van der Waals surface area (Å²) in [5, 5.41) is 3.13. The molecule has 27 heavy (non-hydrogen) atoms. The summed E-state index contributed by atoms with van der Waals surface area (Å²) in [6.45, 7) is 5.33. The van der Waals surface area contributed by atoms with Crippen molar-refractivity contribution in [1.82, 2.24) is 20.2 Å². The lowest BCUT2D eigenvalue weighted by Gasteiger charge is -2.17. The van der Waals surface area contributed by atoms with E-state index in [0.29, 0.717) is 25.6 Å². The van der Waals surface area contributed by atoms with E-state index in [4.69, 9.17) is 4.74 Å². The summed E-state index contributed by atoms with van der Waals surface area (Å²) < 4.78 is 4.94. The van der Waals surface area contributed by atoms with Gasteiger partial charge in [-0.05, 0) is 33.1 Å². The highest BCUT2D eigenvalue weighted by atomic mass is 16.5. The van der Waals surface area contributed by atoms with E-state index in [1.165, 1.54) is 20.0 Å². The first-order valence-corrected chi connectivity index (χ1v) is 9.88. The zero-order valence-electron chi connectivity index (χ0n) is 16.6. The first-order valence-electron chi connectivity index (χ1n) is 9.88. The number of carbonyl (C=O) groups excluding carboxylic acids is 2. The van der Waals surface area contributed by atoms with E-state index < -0.39 is 0 Å². The quantitative estimate of drug-likeness (QED) is 0.819. The van der Waals surface area contributed by atoms with Crippen molar-refractivity contribution in [3.05, 3.63) is 22.8 Å². The maximum absolute atomic E-state index is 12.4. The van der Waals surface area contributed by atoms with Gasteiger partial charge in [-0.2, -0.15) is 0 Å². The molecule has 0 radical (unpaired) electrons. The molecule has 1 saturated heterocycles. The van der Waals surface area contributed by atoms with Gasteiger partial charge >= 0.3 is 0 Å². The highest BCUT2D eigenvalue weighted by Gasteiger charge is 2.30. The van der Waals surface area contributed by atoms with Gasteiger partial charge in [0, 0.05) is 49.1 Å². The van der Waals surface area contributed by atoms with Gasteiger partial charge in [0.2, 0.25) is 11.8 Å². The van der Waals surface area contributed by atoms with E-state index >= 15 is 0 Å². The average molecular weight is 374 g/mol. The fraction of sp³-hybridized carbons (Fsp3) is 0.700. The van der Waals surface area contributed by atoms with Crippen LogP contribution in [0.4, 0.5) is 0 Å². The fourth-order valence-corrected chi connectivity index (χ4v) is 4.13. The molecule has 2 heterocycles. The number of methoxy groups -OCH3 is 1. The Balaban J connectivity index is 1.64. The minimum atomic E-state index is 0.00801. The van der Waals surface area contributed by atoms with Crippen LogP contribution in [0.1, 0.15) is 60.8 Å². The molecule has 0 aromatic carbocycles. The molecule has 1 saturated carbocycles. The van der Waals surface area contributed by atoms with Crippen molar-refractivity contribution in [2.24, 2.45) is 0 Å². The Labute approximate surface area is 160 Å². The van der Waals surface area contributed by atoms with Crippen LogP contribution in [0.25, 0.3) is 0 Å². The molecule has 0 bridgehead atoms. The van der Waals surface area contributed by atoms with E-state index in [0.717, 1.165) is 42.0 Å². The van der Waals surface area contributed by atoms with Gasteiger partial charge < -0.3 is 15.0 Å². The van der Waals surface area contributed by atoms with Crippen LogP contribution >= 0.6 is 0 Å². The van der Waals surface area contributed by atoms with Gasteiger partial charge in [-0.25, -0.2) is 9.97 Å². The molecule has 3 rings (SSSR count). The third-order valence-electron chi connectivity index (χ3n) is 5.67. The van der Waals surface area contributed by atoms with Gasteiger partial charge in [0.25, 0.3) is 0 Å². The number of amides is 2. The topological polar surface area (TPSA) is 84.4 Å². The van der Waals surface area contributed by atoms with Gasteiger partial charge in [-0.15, -0.1) is 0 Å². The summed E-state index contributed by atoms with van der Waals surface area (Å²) in [5.74, 6) is 0.984. The number of aromatic nitrogens is 2. The highest BCUT2D eigenvalue weighted by molar-refractivity contribution is 5.79. The minimum absolute atomic E-state index is 0.00801. The van der Waals surface area contributed by atoms with Gasteiger partial charge in [-0.1, -0.05) is 12.8 Å². The number of ether oxygens (including phenoxy) is 1. The molecular formula is C20H30N4O3. The molecule has 1 aliphatic heterocycles. The van der Waals surface area contributed by atoms with Gasteiger partial charge in [0.15, 0.2) is 0 Å². The monoisotopic (exact) mass is 374 g/mol. The number of hydrogen-bond acceptors (Lipinski definition) is 5. The Hall–Kier alpha value is -2.02. The van der Waals surface area contributed by atoms with Crippen LogP contribution in [0.5, 0.6) is 0 Å². The number of likely N-dealkylation sites (tertiary alicyclic amines) is 1. The Morgan fingerprint density at radius 2 is 1.81 bits per heavy atom. The lowest BCUT2D eigenvalue weighted by atomic mass is 10.0. The molecule has 2 aliphatic rings. The van der Waals surface area contributed by atoms with Crippen LogP contribution in [-0.2, 0) is 20.7 Å². The molecule has 1 unspecified atom stereocenters. The molecule has 7 nitrogen and oxygen atoms in total. The van der Waals surface area contributed by atoms with Gasteiger partial charge in [0.05, 0.1) is 6.42 Å². The van der Waals surface area contributed by atoms with Crippen LogP contribution in [0.2, 0.25) is 0 Å². The molecule has 7 heteroatoms. The number of hydrogen-bond donors (Lipinski definition) is 1. The maximum Gasteiger partial charge on any atom is 0.248 e. The van der Waals surface area contributed by atoms with E-state index in [1.807, 2.05) is 18.7 Å². The van der Waals surface area contributed by atoms with Crippen molar-refractivity contribution < 1.29 is 14.3 Å². The molecule has 2 fully saturated rings. The largest absolute Gasteiger partial charge is 0.375 e. The summed E-state index contributed by atoms with van der Waals surface area (Å²) in [6.07, 6.45) is 5.75. The molecular weight excluding hydrogens is 344 g/mol. The summed E-state index contributed by atoms with van der Waals surface area (Å²) in [4.78, 5) is 35.5. The third-order valence-corrected chi connectivity index (χ3v) is 5.67. The average Bonchev–Trinajstić information content (AvgIpc) is 3.30. The molecule has 1 atom stereocenters. The Kier molecular flexibility index (Phi) is 6.42. The second-order valence-corrected chi connectivity index (χ2v) is 7.72. The second-order valence-electron chi connectivity index (χ2n) is 7.72. The zero-order valence-corrected chi connectivity index (χ0v) is 16.6. The Morgan fingerprint density at radius 1 is 1.15 bits per heavy atom. The molecule has 148 valence electrons. The van der Waals surface area contributed by atoms with E-state index in [9.17, 15) is 9.59 Å². The highest BCUT2D eigenvalue weighted by Crippen LogP contribution is 2.26. The van der Waals surface area contributed by atoms with Gasteiger partial charge in [0.1, 0.15) is 12.4 Å². The first-order chi connectivity index (χ1) is 13.0. The number of carbonyl (C=O) groups is 2. The number of rotatable bonds is 6. The van der Waals surface area contributed by atoms with E-state index in [1.54, 1.807) is 0 Å².